The van der Waals surface area contributed by atoms with Crippen molar-refractivity contribution < 1.29 is 19.4 Å². The highest BCUT2D eigenvalue weighted by molar-refractivity contribution is 6.46. The molecule has 1 N–H and O–H groups in total. The molecule has 0 aliphatic carbocycles. The Balaban J connectivity index is 1.67. The van der Waals surface area contributed by atoms with Crippen molar-refractivity contribution in [2.24, 2.45) is 0 Å². The minimum atomic E-state index is -0.712. The third-order valence-corrected chi connectivity index (χ3v) is 5.95. The van der Waals surface area contributed by atoms with Crippen LogP contribution in [0.4, 0.5) is 0 Å². The number of carbonyl (C=O) groups excluding carboxylic acids is 2. The lowest BCUT2D eigenvalue weighted by molar-refractivity contribution is -0.139. The summed E-state index contributed by atoms with van der Waals surface area (Å²) in [5.74, 6) is -0.869. The molecule has 3 aromatic rings. The van der Waals surface area contributed by atoms with Crippen LogP contribution in [0.25, 0.3) is 5.76 Å². The molecule has 0 bridgehead atoms. The Hall–Kier alpha value is -3.58. The van der Waals surface area contributed by atoms with Gasteiger partial charge in [0.05, 0.1) is 24.5 Å². The molecular formula is C26H26ClN3O4. The number of likely N-dealkylation sites (tertiary alicyclic amines) is 1. The Morgan fingerprint density at radius 1 is 1.09 bits per heavy atom. The van der Waals surface area contributed by atoms with E-state index in [1.54, 1.807) is 61.1 Å². The van der Waals surface area contributed by atoms with E-state index in [0.29, 0.717) is 48.0 Å². The Labute approximate surface area is 203 Å². The minimum Gasteiger partial charge on any atom is -0.507 e. The molecule has 1 aliphatic heterocycles. The Kier molecular flexibility index (Phi) is 7.33. The van der Waals surface area contributed by atoms with Gasteiger partial charge in [0.15, 0.2) is 0 Å². The lowest BCUT2D eigenvalue weighted by atomic mass is 9.95. The summed E-state index contributed by atoms with van der Waals surface area (Å²) in [6.07, 6.45) is 6.75. The molecule has 1 saturated heterocycles. The van der Waals surface area contributed by atoms with Crippen LogP contribution in [0.2, 0.25) is 5.02 Å². The monoisotopic (exact) mass is 479 g/mol. The predicted molar refractivity (Wildman–Crippen MR) is 130 cm³/mol. The summed E-state index contributed by atoms with van der Waals surface area (Å²) in [4.78, 5) is 31.7. The van der Waals surface area contributed by atoms with E-state index in [-0.39, 0.29) is 11.3 Å². The molecule has 0 saturated carbocycles. The summed E-state index contributed by atoms with van der Waals surface area (Å²) >= 11 is 6.07. The molecule has 176 valence electrons. The van der Waals surface area contributed by atoms with Gasteiger partial charge in [-0.2, -0.15) is 0 Å². The van der Waals surface area contributed by atoms with E-state index in [0.717, 1.165) is 6.42 Å². The van der Waals surface area contributed by atoms with Crippen molar-refractivity contribution in [2.45, 2.75) is 32.4 Å². The number of Topliss-reactive ketones (excluding diaryl/α,β-unsaturated/α-hetero) is 1. The van der Waals surface area contributed by atoms with Gasteiger partial charge in [0.25, 0.3) is 11.7 Å². The molecule has 8 heteroatoms. The average Bonchev–Trinajstić information content (AvgIpc) is 3.45. The molecule has 1 fully saturated rings. The van der Waals surface area contributed by atoms with Gasteiger partial charge in [-0.3, -0.25) is 9.59 Å². The number of hydrogen-bond donors (Lipinski definition) is 1. The molecule has 4 rings (SSSR count). The first-order valence-corrected chi connectivity index (χ1v) is 11.6. The number of carbonyl (C=O) groups is 2. The van der Waals surface area contributed by atoms with E-state index in [4.69, 9.17) is 16.3 Å². The number of imidazole rings is 1. The summed E-state index contributed by atoms with van der Waals surface area (Å²) < 4.78 is 7.51. The summed E-state index contributed by atoms with van der Waals surface area (Å²) in [7, 11) is 0. The molecule has 1 amide bonds. The summed E-state index contributed by atoms with van der Waals surface area (Å²) in [5.41, 5.74) is 1.21. The maximum atomic E-state index is 13.1. The van der Waals surface area contributed by atoms with Crippen LogP contribution in [0.5, 0.6) is 5.75 Å². The van der Waals surface area contributed by atoms with Crippen LogP contribution < -0.4 is 4.74 Å². The number of aliphatic hydroxyl groups is 1. The van der Waals surface area contributed by atoms with E-state index in [2.05, 4.69) is 4.98 Å². The fraction of sp³-hybridized carbons (Fsp3) is 0.269. The quantitative estimate of drug-likeness (QED) is 0.270. The first-order chi connectivity index (χ1) is 16.5. The smallest absolute Gasteiger partial charge is 0.295 e. The topological polar surface area (TPSA) is 84.7 Å². The van der Waals surface area contributed by atoms with Crippen LogP contribution in [0.3, 0.4) is 0 Å². The van der Waals surface area contributed by atoms with Crippen molar-refractivity contribution in [3.63, 3.8) is 0 Å². The predicted octanol–water partition coefficient (Wildman–Crippen LogP) is 4.84. The highest BCUT2D eigenvalue weighted by Crippen LogP contribution is 2.40. The number of nitrogens with zero attached hydrogens (tertiary/aromatic N) is 3. The van der Waals surface area contributed by atoms with Crippen molar-refractivity contribution in [3.8, 4) is 5.75 Å². The molecule has 1 atom stereocenters. The molecule has 7 nitrogen and oxygen atoms in total. The van der Waals surface area contributed by atoms with E-state index >= 15 is 0 Å². The van der Waals surface area contributed by atoms with E-state index < -0.39 is 17.7 Å². The van der Waals surface area contributed by atoms with Gasteiger partial charge in [-0.05, 0) is 54.8 Å². The van der Waals surface area contributed by atoms with Crippen molar-refractivity contribution >= 4 is 29.1 Å². The Bertz CT molecular complexity index is 1170. The van der Waals surface area contributed by atoms with Gasteiger partial charge in [0.1, 0.15) is 11.5 Å². The van der Waals surface area contributed by atoms with Gasteiger partial charge in [-0.15, -0.1) is 0 Å². The molecular weight excluding hydrogens is 454 g/mol. The van der Waals surface area contributed by atoms with Gasteiger partial charge in [0.2, 0.25) is 0 Å². The van der Waals surface area contributed by atoms with Gasteiger partial charge >= 0.3 is 0 Å². The maximum absolute atomic E-state index is 13.1. The van der Waals surface area contributed by atoms with Crippen LogP contribution in [0, 0.1) is 0 Å². The number of benzene rings is 2. The highest BCUT2D eigenvalue weighted by atomic mass is 35.5. The number of aliphatic hydroxyl groups excluding tert-OH is 1. The standard InChI is InChI=1S/C26H26ClN3O4/c1-2-16-34-21-10-6-19(7-11-21)24(31)22-23(18-4-8-20(27)9-5-18)30(26(33)25(22)32)14-3-13-29-15-12-28-17-29/h4-12,15,17,23,31H,2-3,13-14,16H2,1H3/b24-22+/t23-/m1/s1. The zero-order valence-corrected chi connectivity index (χ0v) is 19.6. The summed E-state index contributed by atoms with van der Waals surface area (Å²) in [5, 5.41) is 11.7. The summed E-state index contributed by atoms with van der Waals surface area (Å²) in [6.45, 7) is 3.60. The minimum absolute atomic E-state index is 0.0668. The van der Waals surface area contributed by atoms with Crippen LogP contribution in [-0.2, 0) is 16.1 Å². The third kappa shape index (κ3) is 4.99. The lowest BCUT2D eigenvalue weighted by Gasteiger charge is -2.25. The Morgan fingerprint density at radius 2 is 1.82 bits per heavy atom. The SMILES string of the molecule is CCCOc1ccc(/C(O)=C2\C(=O)C(=O)N(CCCn3ccnc3)[C@@H]2c2ccc(Cl)cc2)cc1. The van der Waals surface area contributed by atoms with E-state index in [1.165, 1.54) is 4.90 Å². The molecule has 0 unspecified atom stereocenters. The van der Waals surface area contributed by atoms with Crippen LogP contribution >= 0.6 is 11.6 Å². The fourth-order valence-corrected chi connectivity index (χ4v) is 4.16. The van der Waals surface area contributed by atoms with Crippen LogP contribution in [0.1, 0.15) is 36.9 Å². The Morgan fingerprint density at radius 3 is 2.47 bits per heavy atom. The number of amides is 1. The molecule has 1 aliphatic rings. The van der Waals surface area contributed by atoms with Crippen molar-refractivity contribution in [3.05, 3.63) is 89.0 Å². The van der Waals surface area contributed by atoms with Gasteiger partial charge in [-0.25, -0.2) is 4.98 Å². The van der Waals surface area contributed by atoms with Crippen LogP contribution in [0.15, 0.2) is 72.8 Å². The van der Waals surface area contributed by atoms with Crippen molar-refractivity contribution in [1.82, 2.24) is 14.5 Å². The third-order valence-electron chi connectivity index (χ3n) is 5.70. The molecule has 2 heterocycles. The van der Waals surface area contributed by atoms with Gasteiger partial charge < -0.3 is 19.3 Å². The van der Waals surface area contributed by atoms with E-state index in [1.807, 2.05) is 17.7 Å². The van der Waals surface area contributed by atoms with E-state index in [9.17, 15) is 14.7 Å². The number of halogens is 1. The zero-order chi connectivity index (χ0) is 24.1. The fourth-order valence-electron chi connectivity index (χ4n) is 4.03. The number of hydrogen-bond acceptors (Lipinski definition) is 5. The van der Waals surface area contributed by atoms with Crippen molar-refractivity contribution in [2.75, 3.05) is 13.2 Å². The second-order valence-corrected chi connectivity index (χ2v) is 8.51. The normalized spacial score (nSPS) is 17.4. The number of aromatic nitrogens is 2. The number of aryl methyl sites for hydroxylation is 1. The first kappa shape index (κ1) is 23.6. The van der Waals surface area contributed by atoms with Gasteiger partial charge in [-0.1, -0.05) is 30.7 Å². The second kappa shape index (κ2) is 10.6. The molecule has 2 aromatic carbocycles. The summed E-state index contributed by atoms with van der Waals surface area (Å²) in [6, 6.07) is 13.1. The van der Waals surface area contributed by atoms with Gasteiger partial charge in [0, 0.05) is 36.1 Å². The first-order valence-electron chi connectivity index (χ1n) is 11.2. The second-order valence-electron chi connectivity index (χ2n) is 8.07. The van der Waals surface area contributed by atoms with Crippen molar-refractivity contribution in [1.29, 1.82) is 0 Å². The number of ether oxygens (including phenoxy) is 1. The molecule has 34 heavy (non-hydrogen) atoms. The highest BCUT2D eigenvalue weighted by Gasteiger charge is 2.45. The maximum Gasteiger partial charge on any atom is 0.295 e. The molecule has 0 spiro atoms. The average molecular weight is 480 g/mol. The molecule has 0 radical (unpaired) electrons. The largest absolute Gasteiger partial charge is 0.507 e. The number of rotatable bonds is 9. The lowest BCUT2D eigenvalue weighted by Crippen LogP contribution is -2.31. The zero-order valence-electron chi connectivity index (χ0n) is 18.9. The number of ketones is 1. The molecule has 1 aromatic heterocycles. The van der Waals surface area contributed by atoms with Crippen LogP contribution in [-0.4, -0.2) is 44.4 Å².